The lowest BCUT2D eigenvalue weighted by atomic mass is 9.96. The van der Waals surface area contributed by atoms with Crippen LogP contribution in [0.5, 0.6) is 0 Å². The molecule has 1 N–H and O–H groups in total. The second-order valence-electron chi connectivity index (χ2n) is 9.64. The molecule has 0 spiro atoms. The van der Waals surface area contributed by atoms with Gasteiger partial charge in [-0.3, -0.25) is 9.59 Å². The summed E-state index contributed by atoms with van der Waals surface area (Å²) in [6.45, 7) is 7.22. The Labute approximate surface area is 202 Å². The zero-order valence-corrected chi connectivity index (χ0v) is 21.0. The molecule has 0 aliphatic carbocycles. The van der Waals surface area contributed by atoms with Crippen molar-refractivity contribution in [2.24, 2.45) is 5.92 Å². The van der Waals surface area contributed by atoms with Crippen LogP contribution in [0.4, 0.5) is 16.2 Å². The molecule has 1 fully saturated rings. The highest BCUT2D eigenvalue weighted by molar-refractivity contribution is 5.89. The molecule has 9 heteroatoms. The van der Waals surface area contributed by atoms with Gasteiger partial charge in [-0.05, 0) is 58.1 Å². The van der Waals surface area contributed by atoms with Gasteiger partial charge in [0.05, 0.1) is 11.4 Å². The number of likely N-dealkylation sites (tertiary alicyclic amines) is 1. The zero-order valence-electron chi connectivity index (χ0n) is 21.0. The molecule has 1 unspecified atom stereocenters. The Balaban J connectivity index is 2.12. The van der Waals surface area contributed by atoms with Crippen LogP contribution in [0.25, 0.3) is 0 Å². The molecule has 1 aromatic carbocycles. The van der Waals surface area contributed by atoms with Gasteiger partial charge in [0.2, 0.25) is 12.3 Å². The van der Waals surface area contributed by atoms with Gasteiger partial charge in [-0.2, -0.15) is 0 Å². The minimum Gasteiger partial charge on any atom is -0.444 e. The second-order valence-corrected chi connectivity index (χ2v) is 9.64. The number of hydrogen-bond donors (Lipinski definition) is 1. The van der Waals surface area contributed by atoms with E-state index in [9.17, 15) is 19.2 Å². The number of hydrogen-bond acceptors (Lipinski definition) is 6. The molecule has 1 atom stereocenters. The molecule has 0 saturated carbocycles. The van der Waals surface area contributed by atoms with Crippen LogP contribution < -0.4 is 15.1 Å². The van der Waals surface area contributed by atoms with Crippen molar-refractivity contribution in [1.29, 1.82) is 0 Å². The average Bonchev–Trinajstić information content (AvgIpc) is 2.81. The van der Waals surface area contributed by atoms with Gasteiger partial charge in [-0.25, -0.2) is 4.79 Å². The number of carbonyl (C=O) groups is 4. The lowest BCUT2D eigenvalue weighted by Gasteiger charge is -2.36. The van der Waals surface area contributed by atoms with E-state index in [0.717, 1.165) is 31.2 Å². The van der Waals surface area contributed by atoms with E-state index >= 15 is 0 Å². The van der Waals surface area contributed by atoms with E-state index in [4.69, 9.17) is 4.74 Å². The summed E-state index contributed by atoms with van der Waals surface area (Å²) in [4.78, 5) is 53.0. The standard InChI is InChI=1S/C25H38N4O5/c1-25(2,3)34-24(33)28-14-12-19(13-15-28)17-29(18-31)21-10-7-6-9-20(21)27(5)22(11-8-16-30)23(32)26-4/h6-7,9-10,16,18-19,22H,8,11-15,17H2,1-5H3,(H,26,32). The average molecular weight is 475 g/mol. The SMILES string of the molecule is CNC(=O)C(CCC=O)N(C)c1ccccc1N(C=O)CC1CCN(C(=O)OC(C)(C)C)CC1. The van der Waals surface area contributed by atoms with E-state index in [1.54, 1.807) is 23.9 Å². The molecule has 0 bridgehead atoms. The molecule has 3 amide bonds. The number of ether oxygens (including phenoxy) is 1. The lowest BCUT2D eigenvalue weighted by Crippen LogP contribution is -2.45. The Hall–Kier alpha value is -3.10. The first kappa shape index (κ1) is 27.1. The fourth-order valence-corrected chi connectivity index (χ4v) is 4.17. The summed E-state index contributed by atoms with van der Waals surface area (Å²) in [6, 6.07) is 6.90. The van der Waals surface area contributed by atoms with E-state index in [0.29, 0.717) is 31.7 Å². The highest BCUT2D eigenvalue weighted by Gasteiger charge is 2.29. The number of para-hydroxylation sites is 2. The largest absolute Gasteiger partial charge is 0.444 e. The van der Waals surface area contributed by atoms with E-state index in [1.165, 1.54) is 0 Å². The topological polar surface area (TPSA) is 99.3 Å². The van der Waals surface area contributed by atoms with Crippen molar-refractivity contribution in [1.82, 2.24) is 10.2 Å². The molecular weight excluding hydrogens is 436 g/mol. The maximum Gasteiger partial charge on any atom is 0.410 e. The zero-order chi connectivity index (χ0) is 25.3. The summed E-state index contributed by atoms with van der Waals surface area (Å²) in [5.41, 5.74) is 0.908. The summed E-state index contributed by atoms with van der Waals surface area (Å²) in [5.74, 6) is 0.0402. The summed E-state index contributed by atoms with van der Waals surface area (Å²) in [5, 5.41) is 2.66. The van der Waals surface area contributed by atoms with Crippen LogP contribution in [0.15, 0.2) is 24.3 Å². The molecule has 0 aromatic heterocycles. The highest BCUT2D eigenvalue weighted by atomic mass is 16.6. The molecular formula is C25H38N4O5. The first-order valence-electron chi connectivity index (χ1n) is 11.8. The van der Waals surface area contributed by atoms with Crippen LogP contribution >= 0.6 is 0 Å². The van der Waals surface area contributed by atoms with Crippen molar-refractivity contribution in [2.75, 3.05) is 43.5 Å². The third-order valence-electron chi connectivity index (χ3n) is 5.99. The maximum absolute atomic E-state index is 12.5. The highest BCUT2D eigenvalue weighted by Crippen LogP contribution is 2.32. The number of rotatable bonds is 10. The lowest BCUT2D eigenvalue weighted by molar-refractivity contribution is -0.122. The van der Waals surface area contributed by atoms with Crippen LogP contribution in [0.2, 0.25) is 0 Å². The molecule has 188 valence electrons. The van der Waals surface area contributed by atoms with E-state index < -0.39 is 11.6 Å². The van der Waals surface area contributed by atoms with Crippen molar-refractivity contribution >= 4 is 36.1 Å². The van der Waals surface area contributed by atoms with Crippen molar-refractivity contribution in [3.05, 3.63) is 24.3 Å². The van der Waals surface area contributed by atoms with Crippen LogP contribution in [0.1, 0.15) is 46.5 Å². The summed E-state index contributed by atoms with van der Waals surface area (Å²) in [6.07, 6.45) is 3.48. The molecule has 34 heavy (non-hydrogen) atoms. The number of aldehydes is 1. The minimum atomic E-state index is -0.540. The minimum absolute atomic E-state index is 0.189. The van der Waals surface area contributed by atoms with Gasteiger partial charge in [0, 0.05) is 40.2 Å². The molecule has 2 rings (SSSR count). The number of carbonyl (C=O) groups excluding carboxylic acids is 4. The number of amides is 3. The van der Waals surface area contributed by atoms with Gasteiger partial charge in [-0.15, -0.1) is 0 Å². The number of anilines is 2. The molecule has 9 nitrogen and oxygen atoms in total. The van der Waals surface area contributed by atoms with Gasteiger partial charge in [0.25, 0.3) is 0 Å². The van der Waals surface area contributed by atoms with Crippen LogP contribution in [-0.4, -0.2) is 75.0 Å². The smallest absolute Gasteiger partial charge is 0.410 e. The van der Waals surface area contributed by atoms with Gasteiger partial charge < -0.3 is 29.5 Å². The van der Waals surface area contributed by atoms with Gasteiger partial charge >= 0.3 is 6.09 Å². The number of nitrogens with zero attached hydrogens (tertiary/aromatic N) is 3. The van der Waals surface area contributed by atoms with Gasteiger partial charge in [0.1, 0.15) is 17.9 Å². The number of nitrogens with one attached hydrogen (secondary N) is 1. The van der Waals surface area contributed by atoms with Gasteiger partial charge in [0.15, 0.2) is 0 Å². The first-order valence-corrected chi connectivity index (χ1v) is 11.8. The van der Waals surface area contributed by atoms with Crippen molar-refractivity contribution in [3.8, 4) is 0 Å². The summed E-state index contributed by atoms with van der Waals surface area (Å²) >= 11 is 0. The fraction of sp³-hybridized carbons (Fsp3) is 0.600. The Morgan fingerprint density at radius 3 is 2.32 bits per heavy atom. The van der Waals surface area contributed by atoms with E-state index in [2.05, 4.69) is 5.32 Å². The van der Waals surface area contributed by atoms with Crippen LogP contribution in [0, 0.1) is 5.92 Å². The molecule has 0 radical (unpaired) electrons. The number of benzene rings is 1. The van der Waals surface area contributed by atoms with Crippen molar-refractivity contribution in [2.45, 2.75) is 58.1 Å². The first-order chi connectivity index (χ1) is 16.1. The third-order valence-corrected chi connectivity index (χ3v) is 5.99. The molecule has 1 aliphatic heterocycles. The van der Waals surface area contributed by atoms with E-state index in [1.807, 2.05) is 49.9 Å². The maximum atomic E-state index is 12.5. The molecule has 1 saturated heterocycles. The predicted octanol–water partition coefficient (Wildman–Crippen LogP) is 2.83. The Bertz CT molecular complexity index is 846. The predicted molar refractivity (Wildman–Crippen MR) is 132 cm³/mol. The van der Waals surface area contributed by atoms with E-state index in [-0.39, 0.29) is 24.3 Å². The normalized spacial score (nSPS) is 15.3. The molecule has 1 aromatic rings. The van der Waals surface area contributed by atoms with Crippen molar-refractivity contribution < 1.29 is 23.9 Å². The molecule has 1 heterocycles. The molecule has 1 aliphatic rings. The fourth-order valence-electron chi connectivity index (χ4n) is 4.17. The Morgan fingerprint density at radius 2 is 1.79 bits per heavy atom. The Kier molecular flexibility index (Phi) is 9.89. The third kappa shape index (κ3) is 7.46. The van der Waals surface area contributed by atoms with Crippen molar-refractivity contribution in [3.63, 3.8) is 0 Å². The summed E-state index contributed by atoms with van der Waals surface area (Å²) in [7, 11) is 3.36. The Morgan fingerprint density at radius 1 is 1.18 bits per heavy atom. The van der Waals surface area contributed by atoms with Crippen LogP contribution in [0.3, 0.4) is 0 Å². The van der Waals surface area contributed by atoms with Crippen LogP contribution in [-0.2, 0) is 19.1 Å². The number of likely N-dealkylation sites (N-methyl/N-ethyl adjacent to an activating group) is 2. The quantitative estimate of drug-likeness (QED) is 0.524. The number of piperidine rings is 1. The second kappa shape index (κ2) is 12.4. The van der Waals surface area contributed by atoms with Gasteiger partial charge in [-0.1, -0.05) is 12.1 Å². The summed E-state index contributed by atoms with van der Waals surface area (Å²) < 4.78 is 5.47. The monoisotopic (exact) mass is 474 g/mol.